The molecule has 0 aliphatic heterocycles. The number of hydrogen-bond donors (Lipinski definition) is 1. The van der Waals surface area contributed by atoms with Crippen molar-refractivity contribution in [2.45, 2.75) is 32.2 Å². The van der Waals surface area contributed by atoms with E-state index in [0.717, 1.165) is 19.3 Å². The largest absolute Gasteiger partial charge is 0.322 e. The van der Waals surface area contributed by atoms with Gasteiger partial charge in [-0.2, -0.15) is 0 Å². The molecule has 4 nitrogen and oxygen atoms in total. The van der Waals surface area contributed by atoms with Crippen LogP contribution < -0.4 is 5.73 Å². The number of hydrogen-bond acceptors (Lipinski definition) is 3. The number of unbranched alkanes of at least 4 members (excludes halogenated alkanes) is 1. The van der Waals surface area contributed by atoms with Gasteiger partial charge in [-0.05, 0) is 6.42 Å². The highest BCUT2D eigenvalue weighted by Crippen LogP contribution is 1.97. The molecule has 0 spiro atoms. The van der Waals surface area contributed by atoms with Crippen LogP contribution in [0, 0.1) is 10.1 Å². The summed E-state index contributed by atoms with van der Waals surface area (Å²) in [7, 11) is 0. The molecule has 0 aromatic rings. The molecule has 5 heteroatoms. The van der Waals surface area contributed by atoms with Crippen molar-refractivity contribution in [3.63, 3.8) is 0 Å². The summed E-state index contributed by atoms with van der Waals surface area (Å²) < 4.78 is 0. The van der Waals surface area contributed by atoms with E-state index >= 15 is 0 Å². The number of nitrogens with zero attached hydrogens (tertiary/aromatic N) is 1. The second kappa shape index (κ2) is 7.75. The van der Waals surface area contributed by atoms with Crippen LogP contribution in [0.4, 0.5) is 0 Å². The zero-order valence-corrected chi connectivity index (χ0v) is 7.47. The lowest BCUT2D eigenvalue weighted by molar-refractivity contribution is -0.482. The second-order valence-electron chi connectivity index (χ2n) is 2.42. The second-order valence-corrected chi connectivity index (χ2v) is 2.42. The van der Waals surface area contributed by atoms with Crippen molar-refractivity contribution in [3.05, 3.63) is 10.1 Å². The molecule has 2 N–H and O–H groups in total. The molecule has 0 heterocycles. The first-order valence-corrected chi connectivity index (χ1v) is 3.54. The van der Waals surface area contributed by atoms with Crippen molar-refractivity contribution >= 4 is 12.4 Å². The highest BCUT2D eigenvalue weighted by atomic mass is 35.5. The molecule has 0 fully saturated rings. The first-order valence-electron chi connectivity index (χ1n) is 3.54. The topological polar surface area (TPSA) is 69.2 Å². The molecule has 1 unspecified atom stereocenters. The molecular formula is C6H15ClN2O2. The van der Waals surface area contributed by atoms with E-state index in [4.69, 9.17) is 5.73 Å². The van der Waals surface area contributed by atoms with Gasteiger partial charge in [0.05, 0.1) is 6.04 Å². The minimum Gasteiger partial charge on any atom is -0.322 e. The maximum atomic E-state index is 9.90. The van der Waals surface area contributed by atoms with Crippen molar-refractivity contribution in [1.82, 2.24) is 0 Å². The number of halogens is 1. The van der Waals surface area contributed by atoms with Gasteiger partial charge in [0.1, 0.15) is 0 Å². The van der Waals surface area contributed by atoms with Crippen LogP contribution in [0.1, 0.15) is 26.2 Å². The normalized spacial score (nSPS) is 11.8. The minimum absolute atomic E-state index is 0. The highest BCUT2D eigenvalue weighted by molar-refractivity contribution is 5.85. The zero-order valence-electron chi connectivity index (χ0n) is 6.66. The van der Waals surface area contributed by atoms with E-state index in [9.17, 15) is 10.1 Å². The van der Waals surface area contributed by atoms with Crippen molar-refractivity contribution in [2.75, 3.05) is 6.54 Å². The zero-order chi connectivity index (χ0) is 7.98. The van der Waals surface area contributed by atoms with Crippen LogP contribution in [0.25, 0.3) is 0 Å². The first kappa shape index (κ1) is 13.3. The van der Waals surface area contributed by atoms with E-state index in [-0.39, 0.29) is 29.9 Å². The van der Waals surface area contributed by atoms with Crippen LogP contribution in [0.5, 0.6) is 0 Å². The van der Waals surface area contributed by atoms with Gasteiger partial charge < -0.3 is 5.73 Å². The molecule has 0 aliphatic rings. The predicted molar refractivity (Wildman–Crippen MR) is 46.6 cm³/mol. The molecular weight excluding hydrogens is 168 g/mol. The van der Waals surface area contributed by atoms with Gasteiger partial charge in [-0.3, -0.25) is 10.1 Å². The molecule has 0 rings (SSSR count). The SMILES string of the molecule is CCCCC(N)C[N+](=O)[O-].Cl. The summed E-state index contributed by atoms with van der Waals surface area (Å²) in [5.41, 5.74) is 5.42. The molecule has 0 aliphatic carbocycles. The summed E-state index contributed by atoms with van der Waals surface area (Å²) in [5, 5.41) is 9.90. The van der Waals surface area contributed by atoms with Crippen molar-refractivity contribution < 1.29 is 4.92 Å². The Balaban J connectivity index is 0. The third kappa shape index (κ3) is 9.65. The monoisotopic (exact) mass is 182 g/mol. The Morgan fingerprint density at radius 3 is 2.55 bits per heavy atom. The van der Waals surface area contributed by atoms with E-state index in [0.29, 0.717) is 0 Å². The number of nitrogens with two attached hydrogens (primary N) is 1. The minimum atomic E-state index is -0.361. The quantitative estimate of drug-likeness (QED) is 0.513. The number of rotatable bonds is 5. The van der Waals surface area contributed by atoms with Gasteiger partial charge in [0, 0.05) is 4.92 Å². The van der Waals surface area contributed by atoms with Gasteiger partial charge in [0.25, 0.3) is 0 Å². The fourth-order valence-electron chi connectivity index (χ4n) is 0.749. The Bertz CT molecular complexity index is 111. The molecule has 1 atom stereocenters. The van der Waals surface area contributed by atoms with Gasteiger partial charge in [-0.25, -0.2) is 0 Å². The fraction of sp³-hybridized carbons (Fsp3) is 1.00. The summed E-state index contributed by atoms with van der Waals surface area (Å²) >= 11 is 0. The van der Waals surface area contributed by atoms with Crippen molar-refractivity contribution in [2.24, 2.45) is 5.73 Å². The maximum absolute atomic E-state index is 9.90. The smallest absolute Gasteiger partial charge is 0.218 e. The van der Waals surface area contributed by atoms with Gasteiger partial charge >= 0.3 is 0 Å². The third-order valence-corrected chi connectivity index (χ3v) is 1.31. The fourth-order valence-corrected chi connectivity index (χ4v) is 0.749. The van der Waals surface area contributed by atoms with E-state index < -0.39 is 0 Å². The molecule has 11 heavy (non-hydrogen) atoms. The van der Waals surface area contributed by atoms with Crippen LogP contribution >= 0.6 is 12.4 Å². The molecule has 0 aromatic carbocycles. The van der Waals surface area contributed by atoms with Crippen molar-refractivity contribution in [3.8, 4) is 0 Å². The lowest BCUT2D eigenvalue weighted by Gasteiger charge is -2.03. The maximum Gasteiger partial charge on any atom is 0.218 e. The van der Waals surface area contributed by atoms with Crippen LogP contribution in [-0.2, 0) is 0 Å². The first-order chi connectivity index (χ1) is 4.66. The van der Waals surface area contributed by atoms with E-state index in [1.165, 1.54) is 0 Å². The molecule has 0 amide bonds. The Kier molecular flexibility index (Phi) is 9.34. The Morgan fingerprint density at radius 2 is 2.18 bits per heavy atom. The Hall–Kier alpha value is -0.350. The molecule has 0 saturated carbocycles. The van der Waals surface area contributed by atoms with E-state index in [2.05, 4.69) is 0 Å². The standard InChI is InChI=1S/C6H14N2O2.ClH/c1-2-3-4-6(7)5-8(9)10;/h6H,2-5,7H2,1H3;1H. The molecule has 68 valence electrons. The average Bonchev–Trinajstić information content (AvgIpc) is 1.82. The van der Waals surface area contributed by atoms with Gasteiger partial charge in [0.2, 0.25) is 6.54 Å². The summed E-state index contributed by atoms with van der Waals surface area (Å²) in [4.78, 5) is 9.54. The van der Waals surface area contributed by atoms with Gasteiger partial charge in [-0.1, -0.05) is 19.8 Å². The summed E-state index contributed by atoms with van der Waals surface area (Å²) in [5.74, 6) is 0. The van der Waals surface area contributed by atoms with Gasteiger partial charge in [0.15, 0.2) is 0 Å². The molecule has 0 saturated heterocycles. The van der Waals surface area contributed by atoms with Crippen LogP contribution in [-0.4, -0.2) is 17.5 Å². The van der Waals surface area contributed by atoms with Crippen LogP contribution in [0.15, 0.2) is 0 Å². The highest BCUT2D eigenvalue weighted by Gasteiger charge is 2.07. The van der Waals surface area contributed by atoms with Gasteiger partial charge in [-0.15, -0.1) is 12.4 Å². The molecule has 0 aromatic heterocycles. The van der Waals surface area contributed by atoms with Crippen molar-refractivity contribution in [1.29, 1.82) is 0 Å². The Morgan fingerprint density at radius 1 is 1.64 bits per heavy atom. The third-order valence-electron chi connectivity index (χ3n) is 1.31. The molecule has 0 bridgehead atoms. The van der Waals surface area contributed by atoms with E-state index in [1.54, 1.807) is 0 Å². The number of nitro groups is 1. The average molecular weight is 183 g/mol. The lowest BCUT2D eigenvalue weighted by atomic mass is 10.1. The summed E-state index contributed by atoms with van der Waals surface area (Å²) in [6.07, 6.45) is 2.79. The lowest BCUT2D eigenvalue weighted by Crippen LogP contribution is -2.28. The van der Waals surface area contributed by atoms with Crippen LogP contribution in [0.3, 0.4) is 0 Å². The summed E-state index contributed by atoms with van der Waals surface area (Å²) in [6, 6.07) is -0.255. The summed E-state index contributed by atoms with van der Waals surface area (Å²) in [6.45, 7) is 1.94. The van der Waals surface area contributed by atoms with Crippen LogP contribution in [0.2, 0.25) is 0 Å². The predicted octanol–water partition coefficient (Wildman–Crippen LogP) is 1.20. The van der Waals surface area contributed by atoms with E-state index in [1.807, 2.05) is 6.92 Å². The molecule has 0 radical (unpaired) electrons. The Labute approximate surface area is 72.7 Å².